The van der Waals surface area contributed by atoms with Crippen LogP contribution in [0.25, 0.3) is 0 Å². The van der Waals surface area contributed by atoms with Crippen LogP contribution in [0, 0.1) is 0 Å². The van der Waals surface area contributed by atoms with Gasteiger partial charge in [0.25, 0.3) is 0 Å². The number of nitrogens with zero attached hydrogens (tertiary/aromatic N) is 1. The van der Waals surface area contributed by atoms with Crippen LogP contribution in [0.1, 0.15) is 25.0 Å². The quantitative estimate of drug-likeness (QED) is 0.785. The normalized spacial score (nSPS) is 26.1. The van der Waals surface area contributed by atoms with Crippen LogP contribution in [0.5, 0.6) is 5.75 Å². The lowest BCUT2D eigenvalue weighted by atomic mass is 9.90. The Morgan fingerprint density at radius 2 is 2.31 bits per heavy atom. The van der Waals surface area contributed by atoms with Crippen molar-refractivity contribution in [2.75, 3.05) is 20.2 Å². The van der Waals surface area contributed by atoms with Crippen molar-refractivity contribution in [2.24, 2.45) is 0 Å². The van der Waals surface area contributed by atoms with Crippen LogP contribution in [-0.4, -0.2) is 30.3 Å². The minimum atomic E-state index is -0.851. The third-order valence-electron chi connectivity index (χ3n) is 3.09. The molecule has 0 amide bonds. The lowest BCUT2D eigenvalue weighted by Crippen LogP contribution is -2.28. The Morgan fingerprint density at radius 3 is 3.12 bits per heavy atom. The fourth-order valence-corrected chi connectivity index (χ4v) is 2.19. The summed E-state index contributed by atoms with van der Waals surface area (Å²) in [7, 11) is 1.61. The van der Waals surface area contributed by atoms with Crippen molar-refractivity contribution in [1.82, 2.24) is 10.3 Å². The molecule has 88 valence electrons. The molecule has 2 N–H and O–H groups in total. The van der Waals surface area contributed by atoms with Crippen molar-refractivity contribution in [1.29, 1.82) is 0 Å². The Hall–Kier alpha value is -1.13. The molecule has 1 atom stereocenters. The van der Waals surface area contributed by atoms with Crippen molar-refractivity contribution in [2.45, 2.75) is 24.9 Å². The van der Waals surface area contributed by atoms with Crippen LogP contribution >= 0.6 is 0 Å². The van der Waals surface area contributed by atoms with E-state index in [9.17, 15) is 5.11 Å². The van der Waals surface area contributed by atoms with Gasteiger partial charge in [0, 0.05) is 6.20 Å². The minimum absolute atomic E-state index is 0.668. The molecule has 0 aromatic carbocycles. The number of aliphatic hydroxyl groups is 1. The van der Waals surface area contributed by atoms with Gasteiger partial charge in [-0.1, -0.05) is 0 Å². The summed E-state index contributed by atoms with van der Waals surface area (Å²) in [5.41, 5.74) is -0.183. The number of ether oxygens (including phenoxy) is 1. The van der Waals surface area contributed by atoms with E-state index in [2.05, 4.69) is 10.3 Å². The molecule has 0 bridgehead atoms. The maximum Gasteiger partial charge on any atom is 0.143 e. The second-order valence-electron chi connectivity index (χ2n) is 4.19. The van der Waals surface area contributed by atoms with Gasteiger partial charge in [0.05, 0.1) is 7.11 Å². The van der Waals surface area contributed by atoms with E-state index in [0.29, 0.717) is 17.9 Å². The van der Waals surface area contributed by atoms with E-state index < -0.39 is 5.60 Å². The lowest BCUT2D eigenvalue weighted by Gasteiger charge is -2.26. The molecular weight excluding hydrogens is 204 g/mol. The van der Waals surface area contributed by atoms with Crippen molar-refractivity contribution in [3.8, 4) is 5.75 Å². The summed E-state index contributed by atoms with van der Waals surface area (Å²) < 4.78 is 5.26. The van der Waals surface area contributed by atoms with Crippen LogP contribution in [0.15, 0.2) is 18.3 Å². The summed E-state index contributed by atoms with van der Waals surface area (Å²) >= 11 is 0. The maximum absolute atomic E-state index is 10.7. The molecule has 1 unspecified atom stereocenters. The zero-order chi connectivity index (χ0) is 11.4. The van der Waals surface area contributed by atoms with E-state index in [-0.39, 0.29) is 0 Å². The zero-order valence-corrected chi connectivity index (χ0v) is 9.57. The predicted molar refractivity (Wildman–Crippen MR) is 61.4 cm³/mol. The average molecular weight is 222 g/mol. The van der Waals surface area contributed by atoms with Crippen molar-refractivity contribution < 1.29 is 9.84 Å². The SMILES string of the molecule is COc1cccnc1C1(O)CCCNCC1. The minimum Gasteiger partial charge on any atom is -0.495 e. The number of hydrogen-bond donors (Lipinski definition) is 2. The van der Waals surface area contributed by atoms with E-state index in [1.54, 1.807) is 13.3 Å². The summed E-state index contributed by atoms with van der Waals surface area (Å²) in [5.74, 6) is 0.673. The third-order valence-corrected chi connectivity index (χ3v) is 3.09. The second-order valence-corrected chi connectivity index (χ2v) is 4.19. The standard InChI is InChI=1S/C12H18N2O2/c1-16-10-4-2-8-14-11(10)12(15)5-3-7-13-9-6-12/h2,4,8,13,15H,3,5-7,9H2,1H3. The molecule has 1 aromatic heterocycles. The monoisotopic (exact) mass is 222 g/mol. The largest absolute Gasteiger partial charge is 0.495 e. The molecule has 16 heavy (non-hydrogen) atoms. The van der Waals surface area contributed by atoms with Gasteiger partial charge >= 0.3 is 0 Å². The highest BCUT2D eigenvalue weighted by Gasteiger charge is 2.34. The summed E-state index contributed by atoms with van der Waals surface area (Å²) in [6.07, 6.45) is 4.07. The van der Waals surface area contributed by atoms with Gasteiger partial charge in [-0.3, -0.25) is 4.98 Å². The fourth-order valence-electron chi connectivity index (χ4n) is 2.19. The predicted octanol–water partition coefficient (Wildman–Crippen LogP) is 1.05. The molecule has 1 aliphatic rings. The van der Waals surface area contributed by atoms with E-state index >= 15 is 0 Å². The van der Waals surface area contributed by atoms with Gasteiger partial charge < -0.3 is 15.2 Å². The Balaban J connectivity index is 2.32. The van der Waals surface area contributed by atoms with Gasteiger partial charge in [-0.2, -0.15) is 0 Å². The van der Waals surface area contributed by atoms with E-state index in [4.69, 9.17) is 4.74 Å². The van der Waals surface area contributed by atoms with Crippen LogP contribution in [0.3, 0.4) is 0 Å². The number of hydrogen-bond acceptors (Lipinski definition) is 4. The van der Waals surface area contributed by atoms with Crippen molar-refractivity contribution in [3.63, 3.8) is 0 Å². The first-order valence-corrected chi connectivity index (χ1v) is 5.69. The molecular formula is C12H18N2O2. The highest BCUT2D eigenvalue weighted by atomic mass is 16.5. The molecule has 1 aromatic rings. The van der Waals surface area contributed by atoms with Gasteiger partial charge in [0.2, 0.25) is 0 Å². The van der Waals surface area contributed by atoms with Crippen LogP contribution in [0.4, 0.5) is 0 Å². The van der Waals surface area contributed by atoms with Crippen LogP contribution in [0.2, 0.25) is 0 Å². The fraction of sp³-hybridized carbons (Fsp3) is 0.583. The highest BCUT2D eigenvalue weighted by molar-refractivity contribution is 5.31. The van der Waals surface area contributed by atoms with Gasteiger partial charge in [-0.15, -0.1) is 0 Å². The maximum atomic E-state index is 10.7. The van der Waals surface area contributed by atoms with Crippen molar-refractivity contribution >= 4 is 0 Å². The second kappa shape index (κ2) is 4.80. The van der Waals surface area contributed by atoms with Gasteiger partial charge in [0.1, 0.15) is 17.0 Å². The molecule has 1 fully saturated rings. The van der Waals surface area contributed by atoms with Crippen LogP contribution < -0.4 is 10.1 Å². The molecule has 1 saturated heterocycles. The van der Waals surface area contributed by atoms with E-state index in [1.807, 2.05) is 12.1 Å². The molecule has 0 aliphatic carbocycles. The van der Waals surface area contributed by atoms with Gasteiger partial charge in [-0.25, -0.2) is 0 Å². The first-order valence-electron chi connectivity index (χ1n) is 5.69. The Labute approximate surface area is 95.7 Å². The topological polar surface area (TPSA) is 54.4 Å². The van der Waals surface area contributed by atoms with Crippen LogP contribution in [-0.2, 0) is 5.60 Å². The third kappa shape index (κ3) is 2.18. The van der Waals surface area contributed by atoms with Gasteiger partial charge in [-0.05, 0) is 44.5 Å². The number of aromatic nitrogens is 1. The molecule has 4 nitrogen and oxygen atoms in total. The highest BCUT2D eigenvalue weighted by Crippen LogP contribution is 2.35. The Bertz CT molecular complexity index is 347. The molecule has 0 saturated carbocycles. The number of rotatable bonds is 2. The molecule has 2 rings (SSSR count). The Kier molecular flexibility index (Phi) is 3.41. The molecule has 1 aliphatic heterocycles. The number of pyridine rings is 1. The summed E-state index contributed by atoms with van der Waals surface area (Å²) in [6, 6.07) is 3.67. The first-order chi connectivity index (χ1) is 7.76. The molecule has 0 radical (unpaired) electrons. The summed E-state index contributed by atoms with van der Waals surface area (Å²) in [4.78, 5) is 4.28. The Morgan fingerprint density at radius 1 is 1.44 bits per heavy atom. The molecule has 0 spiro atoms. The summed E-state index contributed by atoms with van der Waals surface area (Å²) in [5, 5.41) is 13.9. The molecule has 2 heterocycles. The first kappa shape index (κ1) is 11.4. The number of nitrogens with one attached hydrogen (secondary N) is 1. The average Bonchev–Trinajstić information content (AvgIpc) is 2.55. The summed E-state index contributed by atoms with van der Waals surface area (Å²) in [6.45, 7) is 1.77. The zero-order valence-electron chi connectivity index (χ0n) is 9.57. The lowest BCUT2D eigenvalue weighted by molar-refractivity contribution is 0.0173. The number of methoxy groups -OCH3 is 1. The van der Waals surface area contributed by atoms with E-state index in [0.717, 1.165) is 25.9 Å². The van der Waals surface area contributed by atoms with Gasteiger partial charge in [0.15, 0.2) is 0 Å². The van der Waals surface area contributed by atoms with Crippen molar-refractivity contribution in [3.05, 3.63) is 24.0 Å². The molecule has 4 heteroatoms. The smallest absolute Gasteiger partial charge is 0.143 e. The van der Waals surface area contributed by atoms with E-state index in [1.165, 1.54) is 0 Å².